The average Bonchev–Trinajstić information content (AvgIpc) is 2.59. The van der Waals surface area contributed by atoms with Gasteiger partial charge in [0.2, 0.25) is 0 Å². The molecule has 0 aliphatic rings. The summed E-state index contributed by atoms with van der Waals surface area (Å²) in [4.78, 5) is 18.8. The van der Waals surface area contributed by atoms with Crippen LogP contribution in [0.5, 0.6) is 0 Å². The summed E-state index contributed by atoms with van der Waals surface area (Å²) in [6.07, 6.45) is 2.67. The molecular formula is C24H43O4P. The molecule has 0 fully saturated rings. The normalized spacial score (nSPS) is 16.2. The van der Waals surface area contributed by atoms with Crippen LogP contribution in [0.1, 0.15) is 109 Å². The molecule has 0 spiro atoms. The smallest absolute Gasteiger partial charge is 0.327 e. The second kappa shape index (κ2) is 10.2. The van der Waals surface area contributed by atoms with Crippen molar-refractivity contribution in [2.24, 2.45) is 5.41 Å². The minimum atomic E-state index is -2.46. The third kappa shape index (κ3) is 6.74. The van der Waals surface area contributed by atoms with E-state index in [2.05, 4.69) is 74.4 Å². The fourth-order valence-electron chi connectivity index (χ4n) is 4.11. The maximum absolute atomic E-state index is 11.9. The molecule has 1 rings (SSSR count). The highest BCUT2D eigenvalue weighted by atomic mass is 31.2. The quantitative estimate of drug-likeness (QED) is 0.398. The van der Waals surface area contributed by atoms with Crippen LogP contribution in [-0.4, -0.2) is 21.5 Å². The van der Waals surface area contributed by atoms with Gasteiger partial charge in [-0.15, -0.1) is 0 Å². The zero-order valence-electron chi connectivity index (χ0n) is 20.0. The van der Waals surface area contributed by atoms with E-state index in [4.69, 9.17) is 4.52 Å². The van der Waals surface area contributed by atoms with Crippen LogP contribution in [0.25, 0.3) is 0 Å². The molecule has 0 radical (unpaired) electrons. The molecule has 3 N–H and O–H groups in total. The lowest BCUT2D eigenvalue weighted by atomic mass is 9.66. The first-order valence-electron chi connectivity index (χ1n) is 10.8. The molecule has 1 aromatic carbocycles. The van der Waals surface area contributed by atoms with Gasteiger partial charge in [-0.2, -0.15) is 0 Å². The second-order valence-electron chi connectivity index (χ2n) is 10.5. The third-order valence-electron chi connectivity index (χ3n) is 5.99. The SMILES string of the molecule is CCCCC(CC)(COP(O)O)C(O)c1c(C(C)(C)C)cc(C)cc1C(C)(C)C. The molecule has 0 saturated carbocycles. The van der Waals surface area contributed by atoms with Gasteiger partial charge < -0.3 is 19.4 Å². The van der Waals surface area contributed by atoms with Crippen LogP contribution in [0.2, 0.25) is 0 Å². The summed E-state index contributed by atoms with van der Waals surface area (Å²) < 4.78 is 5.33. The van der Waals surface area contributed by atoms with Gasteiger partial charge in [0.1, 0.15) is 0 Å². The molecule has 0 bridgehead atoms. The van der Waals surface area contributed by atoms with Gasteiger partial charge in [-0.05, 0) is 47.3 Å². The average molecular weight is 427 g/mol. The van der Waals surface area contributed by atoms with Crippen molar-refractivity contribution in [3.05, 3.63) is 34.4 Å². The Kier molecular flexibility index (Phi) is 9.33. The van der Waals surface area contributed by atoms with E-state index in [0.29, 0.717) is 6.42 Å². The largest absolute Gasteiger partial charge is 0.388 e. The molecule has 0 aliphatic carbocycles. The lowest BCUT2D eigenvalue weighted by molar-refractivity contribution is -0.0271. The van der Waals surface area contributed by atoms with Gasteiger partial charge in [-0.1, -0.05) is 85.9 Å². The Morgan fingerprint density at radius 3 is 1.79 bits per heavy atom. The van der Waals surface area contributed by atoms with Gasteiger partial charge >= 0.3 is 8.60 Å². The summed E-state index contributed by atoms with van der Waals surface area (Å²) in [5, 5.41) is 11.9. The summed E-state index contributed by atoms with van der Waals surface area (Å²) in [6.45, 7) is 19.5. The van der Waals surface area contributed by atoms with E-state index >= 15 is 0 Å². The number of hydrogen-bond acceptors (Lipinski definition) is 4. The Bertz CT molecular complexity index is 623. The first-order chi connectivity index (χ1) is 13.2. The maximum atomic E-state index is 11.9. The van der Waals surface area contributed by atoms with Crippen molar-refractivity contribution >= 4 is 8.60 Å². The van der Waals surface area contributed by atoms with E-state index in [0.717, 1.165) is 36.0 Å². The van der Waals surface area contributed by atoms with E-state index in [1.165, 1.54) is 5.56 Å². The van der Waals surface area contributed by atoms with Crippen molar-refractivity contribution < 1.29 is 19.4 Å². The van der Waals surface area contributed by atoms with Gasteiger partial charge in [0.25, 0.3) is 0 Å². The third-order valence-corrected chi connectivity index (χ3v) is 6.35. The minimum Gasteiger partial charge on any atom is -0.388 e. The van der Waals surface area contributed by atoms with E-state index in [-0.39, 0.29) is 17.4 Å². The number of benzene rings is 1. The Labute approximate surface area is 179 Å². The molecule has 1 aromatic rings. The van der Waals surface area contributed by atoms with Gasteiger partial charge in [0.05, 0.1) is 12.7 Å². The number of rotatable bonds is 9. The van der Waals surface area contributed by atoms with Gasteiger partial charge in [0.15, 0.2) is 0 Å². The Morgan fingerprint density at radius 1 is 0.966 bits per heavy atom. The molecule has 2 atom stereocenters. The molecule has 168 valence electrons. The number of aliphatic hydroxyl groups is 1. The predicted octanol–water partition coefficient (Wildman–Crippen LogP) is 6.44. The van der Waals surface area contributed by atoms with E-state index < -0.39 is 20.1 Å². The first-order valence-corrected chi connectivity index (χ1v) is 12.0. The van der Waals surface area contributed by atoms with Crippen LogP contribution in [0.4, 0.5) is 0 Å². The highest BCUT2D eigenvalue weighted by Crippen LogP contribution is 2.49. The number of aliphatic hydroxyl groups excluding tert-OH is 1. The number of aryl methyl sites for hydroxylation is 1. The molecule has 0 saturated heterocycles. The Balaban J connectivity index is 3.76. The first kappa shape index (κ1) is 26.5. The molecule has 4 nitrogen and oxygen atoms in total. The van der Waals surface area contributed by atoms with Crippen molar-refractivity contribution in [1.82, 2.24) is 0 Å². The fourth-order valence-corrected chi connectivity index (χ4v) is 4.49. The summed E-state index contributed by atoms with van der Waals surface area (Å²) in [5.41, 5.74) is 3.65. The summed E-state index contributed by atoms with van der Waals surface area (Å²) >= 11 is 0. The molecular weight excluding hydrogens is 383 g/mol. The molecule has 0 aromatic heterocycles. The maximum Gasteiger partial charge on any atom is 0.327 e. The van der Waals surface area contributed by atoms with Gasteiger partial charge in [-0.25, -0.2) is 0 Å². The zero-order chi connectivity index (χ0) is 22.6. The zero-order valence-corrected chi connectivity index (χ0v) is 20.9. The molecule has 5 heteroatoms. The van der Waals surface area contributed by atoms with Crippen LogP contribution < -0.4 is 0 Å². The lowest BCUT2D eigenvalue weighted by Crippen LogP contribution is -2.36. The highest BCUT2D eigenvalue weighted by Gasteiger charge is 2.42. The van der Waals surface area contributed by atoms with Crippen LogP contribution >= 0.6 is 8.60 Å². The van der Waals surface area contributed by atoms with Gasteiger partial charge in [0, 0.05) is 5.41 Å². The molecule has 0 amide bonds. The van der Waals surface area contributed by atoms with Crippen LogP contribution in [0.3, 0.4) is 0 Å². The summed E-state index contributed by atoms with van der Waals surface area (Å²) in [7, 11) is -2.46. The minimum absolute atomic E-state index is 0.129. The highest BCUT2D eigenvalue weighted by molar-refractivity contribution is 7.39. The van der Waals surface area contributed by atoms with Crippen molar-refractivity contribution in [3.8, 4) is 0 Å². The van der Waals surface area contributed by atoms with Crippen molar-refractivity contribution in [2.75, 3.05) is 6.61 Å². The molecule has 0 aliphatic heterocycles. The molecule has 2 unspecified atom stereocenters. The predicted molar refractivity (Wildman–Crippen MR) is 123 cm³/mol. The lowest BCUT2D eigenvalue weighted by Gasteiger charge is -2.42. The van der Waals surface area contributed by atoms with Crippen LogP contribution in [-0.2, 0) is 15.4 Å². The molecule has 29 heavy (non-hydrogen) atoms. The number of hydrogen-bond donors (Lipinski definition) is 3. The number of unbranched alkanes of at least 4 members (excludes halogenated alkanes) is 1. The second-order valence-corrected chi connectivity index (χ2v) is 11.3. The standard InChI is InChI=1S/C24H43O4P/c1-10-12-13-24(11-2,16-28-29(26)27)21(25)20-18(22(4,5)6)14-17(3)15-19(20)23(7,8)9/h14-15,21,25-27H,10-13,16H2,1-9H3. The van der Waals surface area contributed by atoms with Crippen molar-refractivity contribution in [2.45, 2.75) is 105 Å². The van der Waals surface area contributed by atoms with E-state index in [1.807, 2.05) is 0 Å². The van der Waals surface area contributed by atoms with Crippen molar-refractivity contribution in [1.29, 1.82) is 0 Å². The van der Waals surface area contributed by atoms with E-state index in [9.17, 15) is 14.9 Å². The van der Waals surface area contributed by atoms with Crippen molar-refractivity contribution in [3.63, 3.8) is 0 Å². The van der Waals surface area contributed by atoms with Crippen LogP contribution in [0, 0.1) is 12.3 Å². The topological polar surface area (TPSA) is 69.9 Å². The van der Waals surface area contributed by atoms with Gasteiger partial charge in [-0.3, -0.25) is 0 Å². The Hall–Kier alpha value is -0.510. The molecule has 0 heterocycles. The van der Waals surface area contributed by atoms with E-state index in [1.54, 1.807) is 0 Å². The summed E-state index contributed by atoms with van der Waals surface area (Å²) in [6, 6.07) is 4.39. The van der Waals surface area contributed by atoms with Crippen LogP contribution in [0.15, 0.2) is 12.1 Å². The fraction of sp³-hybridized carbons (Fsp3) is 0.750. The Morgan fingerprint density at radius 2 is 1.45 bits per heavy atom. The summed E-state index contributed by atoms with van der Waals surface area (Å²) in [5.74, 6) is 0. The monoisotopic (exact) mass is 426 g/mol.